The summed E-state index contributed by atoms with van der Waals surface area (Å²) in [6.45, 7) is 0.239. The van der Waals surface area contributed by atoms with Crippen molar-refractivity contribution in [2.45, 2.75) is 12.8 Å². The second kappa shape index (κ2) is 10.0. The Morgan fingerprint density at radius 1 is 1.16 bits per heavy atom. The van der Waals surface area contributed by atoms with Gasteiger partial charge in [-0.25, -0.2) is 4.99 Å². The van der Waals surface area contributed by atoms with Gasteiger partial charge in [0.15, 0.2) is 16.7 Å². The summed E-state index contributed by atoms with van der Waals surface area (Å²) in [6.07, 6.45) is 1.93. The number of hydrogen-bond acceptors (Lipinski definition) is 7. The van der Waals surface area contributed by atoms with Crippen LogP contribution in [0.1, 0.15) is 18.4 Å². The number of benzene rings is 2. The number of aliphatic carboxylic acids is 1. The van der Waals surface area contributed by atoms with Gasteiger partial charge in [-0.2, -0.15) is 0 Å². The number of amidine groups is 1. The van der Waals surface area contributed by atoms with Crippen LogP contribution < -0.4 is 9.47 Å². The molecule has 9 heteroatoms. The van der Waals surface area contributed by atoms with Gasteiger partial charge in [-0.05, 0) is 54.1 Å². The Balaban J connectivity index is 1.95. The van der Waals surface area contributed by atoms with Crippen LogP contribution in [0.4, 0.5) is 5.69 Å². The molecular formula is C22H22N2O6S. The topological polar surface area (TPSA) is 109 Å². The largest absolute Gasteiger partial charge is 0.502 e. The van der Waals surface area contributed by atoms with Crippen molar-refractivity contribution in [2.75, 3.05) is 20.8 Å². The van der Waals surface area contributed by atoms with Crippen LogP contribution >= 0.6 is 11.8 Å². The number of nitrogens with zero attached hydrogens (tertiary/aromatic N) is 2. The van der Waals surface area contributed by atoms with E-state index >= 15 is 0 Å². The van der Waals surface area contributed by atoms with Gasteiger partial charge in [-0.15, -0.1) is 0 Å². The van der Waals surface area contributed by atoms with Crippen molar-refractivity contribution in [3.05, 3.63) is 52.9 Å². The van der Waals surface area contributed by atoms with Crippen LogP contribution in [0.25, 0.3) is 6.08 Å². The van der Waals surface area contributed by atoms with Crippen LogP contribution in [0.5, 0.6) is 17.2 Å². The minimum absolute atomic E-state index is 0.0432. The zero-order valence-electron chi connectivity index (χ0n) is 17.1. The van der Waals surface area contributed by atoms with E-state index in [9.17, 15) is 14.7 Å². The molecule has 1 aliphatic heterocycles. The Hall–Kier alpha value is -3.46. The highest BCUT2D eigenvalue weighted by Gasteiger charge is 2.33. The maximum absolute atomic E-state index is 13.1. The van der Waals surface area contributed by atoms with Gasteiger partial charge in [0.1, 0.15) is 0 Å². The molecular weight excluding hydrogens is 420 g/mol. The van der Waals surface area contributed by atoms with Crippen molar-refractivity contribution < 1.29 is 29.3 Å². The third-order valence-electron chi connectivity index (χ3n) is 4.44. The number of carbonyl (C=O) groups is 2. The first-order valence-corrected chi connectivity index (χ1v) is 10.3. The van der Waals surface area contributed by atoms with Crippen LogP contribution in [0.2, 0.25) is 0 Å². The summed E-state index contributed by atoms with van der Waals surface area (Å²) < 4.78 is 10.4. The number of ether oxygens (including phenoxy) is 2. The predicted molar refractivity (Wildman–Crippen MR) is 119 cm³/mol. The number of carboxylic acid groups (broad SMARTS) is 1. The molecule has 0 spiro atoms. The molecule has 1 saturated heterocycles. The Labute approximate surface area is 183 Å². The van der Waals surface area contributed by atoms with Gasteiger partial charge in [-0.3, -0.25) is 14.5 Å². The van der Waals surface area contributed by atoms with Crippen molar-refractivity contribution >= 4 is 40.6 Å². The zero-order valence-corrected chi connectivity index (χ0v) is 17.9. The molecule has 0 aromatic heterocycles. The molecule has 2 aromatic rings. The number of phenolic OH excluding ortho intramolecular Hbond substituents is 1. The van der Waals surface area contributed by atoms with Crippen molar-refractivity contribution in [2.24, 2.45) is 4.99 Å². The lowest BCUT2D eigenvalue weighted by Gasteiger charge is -2.14. The lowest BCUT2D eigenvalue weighted by Crippen LogP contribution is -2.30. The van der Waals surface area contributed by atoms with E-state index in [4.69, 9.17) is 14.6 Å². The van der Waals surface area contributed by atoms with Gasteiger partial charge in [0.2, 0.25) is 5.75 Å². The molecule has 31 heavy (non-hydrogen) atoms. The normalized spacial score (nSPS) is 16.2. The van der Waals surface area contributed by atoms with Crippen molar-refractivity contribution in [1.82, 2.24) is 4.90 Å². The van der Waals surface area contributed by atoms with E-state index in [-0.39, 0.29) is 36.1 Å². The van der Waals surface area contributed by atoms with Gasteiger partial charge in [0.05, 0.1) is 24.8 Å². The van der Waals surface area contributed by atoms with E-state index in [1.54, 1.807) is 18.2 Å². The summed E-state index contributed by atoms with van der Waals surface area (Å²) in [5, 5.41) is 19.5. The Morgan fingerprint density at radius 2 is 1.81 bits per heavy atom. The molecule has 3 rings (SSSR count). The van der Waals surface area contributed by atoms with Gasteiger partial charge in [0.25, 0.3) is 5.91 Å². The van der Waals surface area contributed by atoms with Crippen LogP contribution in [-0.2, 0) is 9.59 Å². The Morgan fingerprint density at radius 3 is 2.39 bits per heavy atom. The van der Waals surface area contributed by atoms with E-state index in [2.05, 4.69) is 4.99 Å². The number of para-hydroxylation sites is 1. The van der Waals surface area contributed by atoms with Gasteiger partial charge in [-0.1, -0.05) is 18.2 Å². The minimum atomic E-state index is -0.917. The number of methoxy groups -OCH3 is 2. The first-order valence-electron chi connectivity index (χ1n) is 9.45. The minimum Gasteiger partial charge on any atom is -0.502 e. The number of aromatic hydroxyl groups is 1. The summed E-state index contributed by atoms with van der Waals surface area (Å²) in [6, 6.07) is 12.4. The number of phenols is 1. The number of rotatable bonds is 8. The molecule has 2 aromatic carbocycles. The maximum atomic E-state index is 13.1. The molecule has 0 unspecified atom stereocenters. The predicted octanol–water partition coefficient (Wildman–Crippen LogP) is 3.88. The highest BCUT2D eigenvalue weighted by Crippen LogP contribution is 2.40. The van der Waals surface area contributed by atoms with Crippen molar-refractivity contribution in [3.63, 3.8) is 0 Å². The molecule has 0 bridgehead atoms. The summed E-state index contributed by atoms with van der Waals surface area (Å²) in [5.74, 6) is -0.869. The van der Waals surface area contributed by atoms with E-state index in [1.807, 2.05) is 30.3 Å². The molecule has 2 N–H and O–H groups in total. The average molecular weight is 442 g/mol. The van der Waals surface area contributed by atoms with E-state index in [1.165, 1.54) is 30.9 Å². The molecule has 0 radical (unpaired) electrons. The zero-order chi connectivity index (χ0) is 22.4. The van der Waals surface area contributed by atoms with Crippen molar-refractivity contribution in [1.29, 1.82) is 0 Å². The van der Waals surface area contributed by atoms with E-state index in [0.29, 0.717) is 27.7 Å². The lowest BCUT2D eigenvalue weighted by molar-refractivity contribution is -0.137. The highest BCUT2D eigenvalue weighted by molar-refractivity contribution is 8.18. The molecule has 0 atom stereocenters. The fourth-order valence-electron chi connectivity index (χ4n) is 2.94. The lowest BCUT2D eigenvalue weighted by atomic mass is 10.1. The fourth-order valence-corrected chi connectivity index (χ4v) is 3.96. The van der Waals surface area contributed by atoms with Gasteiger partial charge < -0.3 is 19.7 Å². The van der Waals surface area contributed by atoms with E-state index < -0.39 is 5.97 Å². The monoisotopic (exact) mass is 442 g/mol. The molecule has 1 amide bonds. The molecule has 0 aliphatic carbocycles. The number of amides is 1. The third kappa shape index (κ3) is 5.37. The number of carboxylic acids is 1. The van der Waals surface area contributed by atoms with Crippen molar-refractivity contribution in [3.8, 4) is 17.2 Å². The molecule has 0 saturated carbocycles. The summed E-state index contributed by atoms with van der Waals surface area (Å²) in [4.78, 5) is 30.4. The quantitative estimate of drug-likeness (QED) is 0.597. The molecule has 1 heterocycles. The first-order chi connectivity index (χ1) is 14.9. The van der Waals surface area contributed by atoms with Crippen LogP contribution in [0, 0.1) is 0 Å². The standard InChI is InChI=1S/C22H22N2O6S/c1-29-16-11-14(12-17(30-2)20(16)27)13-18-21(28)24(10-6-9-19(25)26)22(31-18)23-15-7-4-3-5-8-15/h3-5,7-8,11-13,27H,6,9-10H2,1-2H3,(H,25,26). The summed E-state index contributed by atoms with van der Waals surface area (Å²) in [7, 11) is 2.85. The maximum Gasteiger partial charge on any atom is 0.303 e. The average Bonchev–Trinajstić information content (AvgIpc) is 3.04. The second-order valence-electron chi connectivity index (χ2n) is 6.57. The Bertz CT molecular complexity index is 1010. The first kappa shape index (κ1) is 22.2. The number of thioether (sulfide) groups is 1. The molecule has 1 fully saturated rings. The molecule has 1 aliphatic rings. The van der Waals surface area contributed by atoms with Gasteiger partial charge in [0, 0.05) is 13.0 Å². The third-order valence-corrected chi connectivity index (χ3v) is 5.45. The van der Waals surface area contributed by atoms with E-state index in [0.717, 1.165) is 0 Å². The second-order valence-corrected chi connectivity index (χ2v) is 7.58. The number of carbonyl (C=O) groups excluding carboxylic acids is 1. The number of aliphatic imine (C=N–C) groups is 1. The molecule has 162 valence electrons. The fraction of sp³-hybridized carbons (Fsp3) is 0.227. The van der Waals surface area contributed by atoms with Crippen LogP contribution in [0.15, 0.2) is 52.4 Å². The van der Waals surface area contributed by atoms with Crippen LogP contribution in [-0.4, -0.2) is 52.9 Å². The summed E-state index contributed by atoms with van der Waals surface area (Å²) >= 11 is 1.20. The highest BCUT2D eigenvalue weighted by atomic mass is 32.2. The van der Waals surface area contributed by atoms with Gasteiger partial charge >= 0.3 is 5.97 Å². The van der Waals surface area contributed by atoms with Crippen LogP contribution in [0.3, 0.4) is 0 Å². The molecule has 8 nitrogen and oxygen atoms in total. The Kier molecular flexibility index (Phi) is 7.19. The summed E-state index contributed by atoms with van der Waals surface area (Å²) in [5.41, 5.74) is 1.30. The number of hydrogen-bond donors (Lipinski definition) is 2. The SMILES string of the molecule is COc1cc(C=C2SC(=Nc3ccccc3)N(CCCC(=O)O)C2=O)cc(OC)c1O. The smallest absolute Gasteiger partial charge is 0.303 e.